The van der Waals surface area contributed by atoms with Gasteiger partial charge >= 0.3 is 6.03 Å². The van der Waals surface area contributed by atoms with Gasteiger partial charge < -0.3 is 20.1 Å². The van der Waals surface area contributed by atoms with Crippen LogP contribution in [0.3, 0.4) is 0 Å². The van der Waals surface area contributed by atoms with Crippen LogP contribution in [-0.2, 0) is 29.0 Å². The van der Waals surface area contributed by atoms with Gasteiger partial charge in [0.1, 0.15) is 6.04 Å². The number of imide groups is 1. The van der Waals surface area contributed by atoms with Crippen LogP contribution in [0.2, 0.25) is 0 Å². The highest BCUT2D eigenvalue weighted by molar-refractivity contribution is 7.15. The maximum absolute atomic E-state index is 12.7. The number of carbonyl (C=O) groups is 3. The highest BCUT2D eigenvalue weighted by Gasteiger charge is 2.39. The van der Waals surface area contributed by atoms with Crippen molar-refractivity contribution in [1.82, 2.24) is 15.2 Å². The van der Waals surface area contributed by atoms with Crippen LogP contribution in [0.4, 0.5) is 9.93 Å². The number of fused-ring (bicyclic) bond motifs is 1. The Morgan fingerprint density at radius 3 is 2.80 bits per heavy atom. The van der Waals surface area contributed by atoms with Crippen molar-refractivity contribution in [2.45, 2.75) is 38.3 Å². The zero-order chi connectivity index (χ0) is 21.3. The fraction of sp³-hybridized carbons (Fsp3) is 0.400. The van der Waals surface area contributed by atoms with Gasteiger partial charge in [0.05, 0.1) is 32.9 Å². The predicted molar refractivity (Wildman–Crippen MR) is 110 cm³/mol. The average Bonchev–Trinajstić information content (AvgIpc) is 3.38. The van der Waals surface area contributed by atoms with E-state index in [9.17, 15) is 14.4 Å². The largest absolute Gasteiger partial charge is 0.493 e. The number of methoxy groups -OCH3 is 2. The number of amides is 4. The van der Waals surface area contributed by atoms with Gasteiger partial charge in [0.25, 0.3) is 5.91 Å². The van der Waals surface area contributed by atoms with E-state index in [1.807, 2.05) is 0 Å². The van der Waals surface area contributed by atoms with E-state index in [4.69, 9.17) is 9.47 Å². The lowest BCUT2D eigenvalue weighted by Crippen LogP contribution is -2.34. The minimum atomic E-state index is -0.899. The molecular formula is C20H22N4O5S. The van der Waals surface area contributed by atoms with Crippen molar-refractivity contribution in [3.05, 3.63) is 34.3 Å². The van der Waals surface area contributed by atoms with Crippen molar-refractivity contribution >= 4 is 34.3 Å². The Morgan fingerprint density at radius 2 is 2.07 bits per heavy atom. The van der Waals surface area contributed by atoms with Gasteiger partial charge in [-0.25, -0.2) is 9.78 Å². The number of benzene rings is 1. The Labute approximate surface area is 177 Å². The van der Waals surface area contributed by atoms with E-state index >= 15 is 0 Å². The van der Waals surface area contributed by atoms with Crippen molar-refractivity contribution in [1.29, 1.82) is 0 Å². The summed E-state index contributed by atoms with van der Waals surface area (Å²) in [6.45, 7) is 0.0718. The molecule has 1 fully saturated rings. The molecule has 0 saturated carbocycles. The number of thiazole rings is 1. The first-order valence-electron chi connectivity index (χ1n) is 9.59. The average molecular weight is 430 g/mol. The van der Waals surface area contributed by atoms with Crippen LogP contribution in [0, 0.1) is 0 Å². The van der Waals surface area contributed by atoms with Crippen LogP contribution in [0.15, 0.2) is 18.2 Å². The fourth-order valence-corrected chi connectivity index (χ4v) is 4.69. The first kappa shape index (κ1) is 20.1. The molecule has 0 bridgehead atoms. The van der Waals surface area contributed by atoms with Gasteiger partial charge in [0.15, 0.2) is 16.6 Å². The first-order valence-corrected chi connectivity index (χ1v) is 10.4. The lowest BCUT2D eigenvalue weighted by atomic mass is 10.1. The summed E-state index contributed by atoms with van der Waals surface area (Å²) in [5, 5.41) is 5.87. The summed E-state index contributed by atoms with van der Waals surface area (Å²) in [5.41, 5.74) is 1.75. The number of nitrogens with zero attached hydrogens (tertiary/aromatic N) is 2. The van der Waals surface area contributed by atoms with Gasteiger partial charge in [-0.2, -0.15) is 0 Å². The van der Waals surface area contributed by atoms with Gasteiger partial charge in [-0.05, 0) is 37.0 Å². The third kappa shape index (κ3) is 3.95. The summed E-state index contributed by atoms with van der Waals surface area (Å²) < 4.78 is 10.5. The van der Waals surface area contributed by atoms with Crippen LogP contribution in [-0.4, -0.2) is 48.0 Å². The molecule has 158 valence electrons. The standard InChI is InChI=1S/C20H22N4O5S/c1-28-14-7-6-11(8-15(14)29-2)10-24-18(26)13(22-20(24)27)9-17(25)23-19-21-12-4-3-5-16(12)30-19/h6-8,13H,3-5,9-10H2,1-2H3,(H,22,27)(H,21,23,25). The van der Waals surface area contributed by atoms with E-state index in [1.54, 1.807) is 18.2 Å². The number of hydrogen-bond acceptors (Lipinski definition) is 7. The molecule has 2 aromatic rings. The normalized spacial score (nSPS) is 17.7. The number of rotatable bonds is 7. The van der Waals surface area contributed by atoms with Crippen molar-refractivity contribution in [3.8, 4) is 11.5 Å². The van der Waals surface area contributed by atoms with Gasteiger partial charge in [0, 0.05) is 4.88 Å². The fourth-order valence-electron chi connectivity index (χ4n) is 3.63. The zero-order valence-corrected chi connectivity index (χ0v) is 17.5. The quantitative estimate of drug-likeness (QED) is 0.651. The van der Waals surface area contributed by atoms with E-state index in [2.05, 4.69) is 15.6 Å². The highest BCUT2D eigenvalue weighted by atomic mass is 32.1. The van der Waals surface area contributed by atoms with Crippen LogP contribution < -0.4 is 20.1 Å². The summed E-state index contributed by atoms with van der Waals surface area (Å²) in [5.74, 6) is 0.273. The van der Waals surface area contributed by atoms with Gasteiger partial charge in [-0.15, -0.1) is 11.3 Å². The van der Waals surface area contributed by atoms with Crippen molar-refractivity contribution in [2.24, 2.45) is 0 Å². The molecule has 1 aromatic carbocycles. The molecule has 1 aromatic heterocycles. The lowest BCUT2D eigenvalue weighted by Gasteiger charge is -2.15. The molecule has 1 saturated heterocycles. The molecular weight excluding hydrogens is 408 g/mol. The second kappa shape index (κ2) is 8.31. The topological polar surface area (TPSA) is 110 Å². The third-order valence-electron chi connectivity index (χ3n) is 5.13. The maximum Gasteiger partial charge on any atom is 0.325 e. The Kier molecular flexibility index (Phi) is 5.58. The summed E-state index contributed by atoms with van der Waals surface area (Å²) >= 11 is 1.47. The highest BCUT2D eigenvalue weighted by Crippen LogP contribution is 2.31. The van der Waals surface area contributed by atoms with E-state index in [1.165, 1.54) is 30.4 Å². The number of hydrogen-bond donors (Lipinski definition) is 2. The number of nitrogens with one attached hydrogen (secondary N) is 2. The Hall–Kier alpha value is -3.14. The minimum absolute atomic E-state index is 0.0718. The molecule has 1 aliphatic carbocycles. The SMILES string of the molecule is COc1ccc(CN2C(=O)NC(CC(=O)Nc3nc4c(s3)CCC4)C2=O)cc1OC. The number of aryl methyl sites for hydroxylation is 2. The van der Waals surface area contributed by atoms with Crippen molar-refractivity contribution in [3.63, 3.8) is 0 Å². The second-order valence-corrected chi connectivity index (χ2v) is 8.19. The molecule has 10 heteroatoms. The molecule has 4 rings (SSSR count). The molecule has 0 radical (unpaired) electrons. The number of urea groups is 1. The third-order valence-corrected chi connectivity index (χ3v) is 6.20. The van der Waals surface area contributed by atoms with Gasteiger partial charge in [-0.3, -0.25) is 14.5 Å². The monoisotopic (exact) mass is 430 g/mol. The minimum Gasteiger partial charge on any atom is -0.493 e. The van der Waals surface area contributed by atoms with E-state index in [0.29, 0.717) is 22.2 Å². The molecule has 0 spiro atoms. The molecule has 4 amide bonds. The predicted octanol–water partition coefficient (Wildman–Crippen LogP) is 2.10. The summed E-state index contributed by atoms with van der Waals surface area (Å²) in [4.78, 5) is 44.1. The smallest absolute Gasteiger partial charge is 0.325 e. The van der Waals surface area contributed by atoms with Gasteiger partial charge in [-0.1, -0.05) is 6.07 Å². The van der Waals surface area contributed by atoms with E-state index in [0.717, 1.165) is 29.9 Å². The van der Waals surface area contributed by atoms with Gasteiger partial charge in [0.2, 0.25) is 5.91 Å². The van der Waals surface area contributed by atoms with Crippen molar-refractivity contribution in [2.75, 3.05) is 19.5 Å². The first-order chi connectivity index (χ1) is 14.5. The molecule has 2 heterocycles. The molecule has 30 heavy (non-hydrogen) atoms. The molecule has 1 aliphatic heterocycles. The van der Waals surface area contributed by atoms with Crippen LogP contribution in [0.5, 0.6) is 11.5 Å². The van der Waals surface area contributed by atoms with Crippen LogP contribution in [0.1, 0.15) is 29.0 Å². The Bertz CT molecular complexity index is 984. The number of ether oxygens (including phenoxy) is 2. The summed E-state index contributed by atoms with van der Waals surface area (Å²) in [7, 11) is 3.05. The second-order valence-electron chi connectivity index (χ2n) is 7.11. The van der Waals surface area contributed by atoms with E-state index < -0.39 is 18.0 Å². The molecule has 1 atom stereocenters. The number of anilines is 1. The summed E-state index contributed by atoms with van der Waals surface area (Å²) in [6, 6.07) is 3.75. The van der Waals surface area contributed by atoms with Crippen LogP contribution in [0.25, 0.3) is 0 Å². The van der Waals surface area contributed by atoms with E-state index in [-0.39, 0.29) is 18.9 Å². The zero-order valence-electron chi connectivity index (χ0n) is 16.7. The Morgan fingerprint density at radius 1 is 1.27 bits per heavy atom. The molecule has 2 N–H and O–H groups in total. The van der Waals surface area contributed by atoms with Crippen molar-refractivity contribution < 1.29 is 23.9 Å². The summed E-state index contributed by atoms with van der Waals surface area (Å²) in [6.07, 6.45) is 2.88. The maximum atomic E-state index is 12.7. The molecule has 2 aliphatic rings. The molecule has 1 unspecified atom stereocenters. The lowest BCUT2D eigenvalue weighted by molar-refractivity contribution is -0.130. The number of carbonyl (C=O) groups excluding carboxylic acids is 3. The Balaban J connectivity index is 1.38. The number of aromatic nitrogens is 1. The van der Waals surface area contributed by atoms with Crippen LogP contribution >= 0.6 is 11.3 Å². The molecule has 9 nitrogen and oxygen atoms in total.